The number of pyridine rings is 1. The highest BCUT2D eigenvalue weighted by Crippen LogP contribution is 2.36. The molecule has 1 aromatic heterocycles. The lowest BCUT2D eigenvalue weighted by atomic mass is 10.3. The van der Waals surface area contributed by atoms with Crippen molar-refractivity contribution in [2.24, 2.45) is 0 Å². The fourth-order valence-corrected chi connectivity index (χ4v) is 5.43. The van der Waals surface area contributed by atoms with Gasteiger partial charge in [0, 0.05) is 25.2 Å². The molecule has 1 aliphatic rings. The molecule has 2 aromatic carbocycles. The Hall–Kier alpha value is -2.73. The first-order chi connectivity index (χ1) is 17.2. The van der Waals surface area contributed by atoms with Crippen LogP contribution in [0.5, 0.6) is 28.9 Å². The Morgan fingerprint density at radius 2 is 1.86 bits per heavy atom. The van der Waals surface area contributed by atoms with E-state index in [9.17, 15) is 8.42 Å². The van der Waals surface area contributed by atoms with E-state index in [1.54, 1.807) is 36.4 Å². The Balaban J connectivity index is 1.50. The zero-order valence-corrected chi connectivity index (χ0v) is 23.0. The summed E-state index contributed by atoms with van der Waals surface area (Å²) in [7, 11) is 1.12. The van der Waals surface area contributed by atoms with Crippen molar-refractivity contribution < 1.29 is 27.4 Å². The highest BCUT2D eigenvalue weighted by molar-refractivity contribution is 9.10. The lowest BCUT2D eigenvalue weighted by molar-refractivity contribution is 0.208. The van der Waals surface area contributed by atoms with E-state index in [1.165, 1.54) is 26.5 Å². The molecule has 0 radical (unpaired) electrons. The maximum Gasteiger partial charge on any atom is 0.263 e. The summed E-state index contributed by atoms with van der Waals surface area (Å²) in [4.78, 5) is 6.29. The van der Waals surface area contributed by atoms with Crippen molar-refractivity contribution in [3.05, 3.63) is 58.2 Å². The molecule has 0 amide bonds. The van der Waals surface area contributed by atoms with Crippen molar-refractivity contribution in [2.75, 3.05) is 39.1 Å². The van der Waals surface area contributed by atoms with Gasteiger partial charge in [-0.2, -0.15) is 0 Å². The molecule has 0 aliphatic carbocycles. The van der Waals surface area contributed by atoms with Crippen molar-refractivity contribution in [1.29, 1.82) is 0 Å². The second-order valence-electron chi connectivity index (χ2n) is 8.12. The number of methoxy groups -OCH3 is 2. The number of rotatable bonds is 9. The molecule has 3 aromatic rings. The molecule has 1 aliphatic heterocycles. The number of nitrogens with one attached hydrogen (secondary N) is 1. The van der Waals surface area contributed by atoms with Gasteiger partial charge in [0.05, 0.1) is 35.6 Å². The molecule has 36 heavy (non-hydrogen) atoms. The van der Waals surface area contributed by atoms with Crippen LogP contribution in [0.3, 0.4) is 0 Å². The molecular weight excluding hydrogens is 574 g/mol. The molecule has 1 fully saturated rings. The van der Waals surface area contributed by atoms with Crippen molar-refractivity contribution in [3.63, 3.8) is 0 Å². The Labute approximate surface area is 223 Å². The van der Waals surface area contributed by atoms with Crippen LogP contribution >= 0.6 is 27.5 Å². The third-order valence-corrected chi connectivity index (χ3v) is 7.72. The van der Waals surface area contributed by atoms with Gasteiger partial charge in [0.15, 0.2) is 11.5 Å². The summed E-state index contributed by atoms with van der Waals surface area (Å²) in [5.74, 6) is 2.09. The van der Waals surface area contributed by atoms with E-state index >= 15 is 0 Å². The van der Waals surface area contributed by atoms with Gasteiger partial charge in [0.25, 0.3) is 10.0 Å². The zero-order valence-electron chi connectivity index (χ0n) is 19.8. The summed E-state index contributed by atoms with van der Waals surface area (Å²) in [5.41, 5.74) is 0.322. The van der Waals surface area contributed by atoms with Gasteiger partial charge >= 0.3 is 0 Å². The van der Waals surface area contributed by atoms with Crippen LogP contribution in [0.25, 0.3) is 0 Å². The number of benzene rings is 2. The number of likely N-dealkylation sites (N-methyl/N-ethyl adjacent to an activating group) is 1. The van der Waals surface area contributed by atoms with E-state index in [1.807, 2.05) is 7.05 Å². The number of likely N-dealkylation sites (tertiary alicyclic amines) is 1. The van der Waals surface area contributed by atoms with Crippen LogP contribution in [0.4, 0.5) is 5.69 Å². The van der Waals surface area contributed by atoms with Crippen molar-refractivity contribution in [1.82, 2.24) is 9.88 Å². The summed E-state index contributed by atoms with van der Waals surface area (Å²) in [6.07, 6.45) is 2.09. The molecule has 12 heteroatoms. The second-order valence-corrected chi connectivity index (χ2v) is 11.1. The molecule has 1 saturated heterocycles. The lowest BCUT2D eigenvalue weighted by Gasteiger charge is -2.16. The first kappa shape index (κ1) is 26.3. The van der Waals surface area contributed by atoms with Crippen LogP contribution in [0, 0.1) is 0 Å². The fraction of sp³-hybridized carbons (Fsp3) is 0.292. The van der Waals surface area contributed by atoms with Crippen LogP contribution in [0.2, 0.25) is 5.02 Å². The molecular formula is C24H25BrClN3O6S. The summed E-state index contributed by atoms with van der Waals surface area (Å²) >= 11 is 9.62. The minimum Gasteiger partial charge on any atom is -0.493 e. The third-order valence-electron chi connectivity index (χ3n) is 5.49. The van der Waals surface area contributed by atoms with Crippen LogP contribution in [0.15, 0.2) is 58.0 Å². The average Bonchev–Trinajstić information content (AvgIpc) is 3.26. The number of aromatic nitrogens is 1. The maximum absolute atomic E-state index is 13.0. The van der Waals surface area contributed by atoms with E-state index in [2.05, 4.69) is 30.5 Å². The topological polar surface area (TPSA) is 99.2 Å². The monoisotopic (exact) mass is 597 g/mol. The Kier molecular flexibility index (Phi) is 8.13. The van der Waals surface area contributed by atoms with Gasteiger partial charge in [-0.25, -0.2) is 13.4 Å². The standard InChI is InChI=1S/C24H25BrClN3O6S/c1-29-9-8-17(14-29)34-22-10-15(4-6-20(22)26)28-36(30,31)18-12-19(25)24(27-13-18)35-16-5-7-21(32-2)23(11-16)33-3/h4-7,10-13,17,28H,8-9,14H2,1-3H3. The van der Waals surface area contributed by atoms with Crippen LogP contribution in [-0.2, 0) is 10.0 Å². The normalized spacial score (nSPS) is 16.0. The van der Waals surface area contributed by atoms with Gasteiger partial charge in [-0.15, -0.1) is 0 Å². The number of hydrogen-bond donors (Lipinski definition) is 1. The lowest BCUT2D eigenvalue weighted by Crippen LogP contribution is -2.21. The number of anilines is 1. The van der Waals surface area contributed by atoms with Crippen LogP contribution in [0.1, 0.15) is 6.42 Å². The Morgan fingerprint density at radius 1 is 1.08 bits per heavy atom. The smallest absolute Gasteiger partial charge is 0.263 e. The SMILES string of the molecule is COc1ccc(Oc2ncc(S(=O)(=O)Nc3ccc(Cl)c(OC4CCN(C)C4)c3)cc2Br)cc1OC. The van der Waals surface area contributed by atoms with Crippen molar-refractivity contribution >= 4 is 43.2 Å². The minimum absolute atomic E-state index is 0.00210. The number of sulfonamides is 1. The first-order valence-electron chi connectivity index (χ1n) is 10.9. The van der Waals surface area contributed by atoms with E-state index < -0.39 is 10.0 Å². The molecule has 192 valence electrons. The summed E-state index contributed by atoms with van der Waals surface area (Å²) < 4.78 is 51.3. The molecule has 1 N–H and O–H groups in total. The summed E-state index contributed by atoms with van der Waals surface area (Å²) in [6, 6.07) is 11.2. The molecule has 0 bridgehead atoms. The number of halogens is 2. The molecule has 1 atom stereocenters. The Bertz CT molecular complexity index is 1360. The fourth-order valence-electron chi connectivity index (χ4n) is 3.66. The largest absolute Gasteiger partial charge is 0.493 e. The van der Waals surface area contributed by atoms with Crippen LogP contribution in [-0.4, -0.2) is 58.8 Å². The zero-order chi connectivity index (χ0) is 25.9. The molecule has 1 unspecified atom stereocenters. The van der Waals surface area contributed by atoms with E-state index in [4.69, 9.17) is 30.5 Å². The minimum atomic E-state index is -3.95. The molecule has 0 saturated carbocycles. The number of nitrogens with zero attached hydrogens (tertiary/aromatic N) is 2. The van der Waals surface area contributed by atoms with Crippen LogP contribution < -0.4 is 23.7 Å². The quantitative estimate of drug-likeness (QED) is 0.359. The van der Waals surface area contributed by atoms with Gasteiger partial charge in [-0.05, 0) is 59.7 Å². The predicted octanol–water partition coefficient (Wildman–Crippen LogP) is 5.19. The maximum atomic E-state index is 13.0. The van der Waals surface area contributed by atoms with Gasteiger partial charge < -0.3 is 23.8 Å². The van der Waals surface area contributed by atoms with E-state index in [0.717, 1.165) is 19.5 Å². The highest BCUT2D eigenvalue weighted by Gasteiger charge is 2.23. The average molecular weight is 599 g/mol. The summed E-state index contributed by atoms with van der Waals surface area (Å²) in [5, 5.41) is 0.411. The predicted molar refractivity (Wildman–Crippen MR) is 140 cm³/mol. The molecule has 2 heterocycles. The van der Waals surface area contributed by atoms with Gasteiger partial charge in [0.2, 0.25) is 5.88 Å². The van der Waals surface area contributed by atoms with Gasteiger partial charge in [-0.3, -0.25) is 4.72 Å². The highest BCUT2D eigenvalue weighted by atomic mass is 79.9. The van der Waals surface area contributed by atoms with Gasteiger partial charge in [0.1, 0.15) is 22.5 Å². The number of hydrogen-bond acceptors (Lipinski definition) is 8. The molecule has 4 rings (SSSR count). The molecule has 0 spiro atoms. The molecule has 9 nitrogen and oxygen atoms in total. The number of ether oxygens (including phenoxy) is 4. The van der Waals surface area contributed by atoms with E-state index in [-0.39, 0.29) is 16.9 Å². The third kappa shape index (κ3) is 6.15. The van der Waals surface area contributed by atoms with Crippen molar-refractivity contribution in [3.8, 4) is 28.9 Å². The Morgan fingerprint density at radius 3 is 2.53 bits per heavy atom. The first-order valence-corrected chi connectivity index (χ1v) is 13.6. The van der Waals surface area contributed by atoms with E-state index in [0.29, 0.717) is 38.2 Å². The summed E-state index contributed by atoms with van der Waals surface area (Å²) in [6.45, 7) is 1.71. The van der Waals surface area contributed by atoms with Gasteiger partial charge in [-0.1, -0.05) is 11.6 Å². The second kappa shape index (κ2) is 11.1. The van der Waals surface area contributed by atoms with Crippen molar-refractivity contribution in [2.45, 2.75) is 17.4 Å².